The predicted octanol–water partition coefficient (Wildman–Crippen LogP) is 2.15. The van der Waals surface area contributed by atoms with Gasteiger partial charge in [-0.15, -0.1) is 0 Å². The second kappa shape index (κ2) is 4.59. The fraction of sp³-hybridized carbons (Fsp3) is 0.364. The van der Waals surface area contributed by atoms with Crippen molar-refractivity contribution in [3.05, 3.63) is 40.6 Å². The molecule has 0 fully saturated rings. The van der Waals surface area contributed by atoms with E-state index in [2.05, 4.69) is 4.98 Å². The SMILES string of the molecule is Cn1ccnc1CCC(O)c1ccsc1. The number of nitrogens with zero attached hydrogens (tertiary/aromatic N) is 2. The summed E-state index contributed by atoms with van der Waals surface area (Å²) in [5.74, 6) is 1.02. The summed E-state index contributed by atoms with van der Waals surface area (Å²) >= 11 is 1.61. The van der Waals surface area contributed by atoms with Crippen LogP contribution in [0.15, 0.2) is 29.2 Å². The van der Waals surface area contributed by atoms with E-state index in [-0.39, 0.29) is 6.10 Å². The highest BCUT2D eigenvalue weighted by Crippen LogP contribution is 2.20. The molecule has 0 saturated carbocycles. The van der Waals surface area contributed by atoms with Crippen molar-refractivity contribution in [3.8, 4) is 0 Å². The molecule has 1 atom stereocenters. The summed E-state index contributed by atoms with van der Waals surface area (Å²) in [5.41, 5.74) is 1.01. The second-order valence-corrected chi connectivity index (χ2v) is 4.35. The number of aryl methyl sites for hydroxylation is 2. The van der Waals surface area contributed by atoms with Gasteiger partial charge in [-0.2, -0.15) is 11.3 Å². The highest BCUT2D eigenvalue weighted by molar-refractivity contribution is 7.07. The number of rotatable bonds is 4. The van der Waals surface area contributed by atoms with E-state index < -0.39 is 0 Å². The van der Waals surface area contributed by atoms with Crippen LogP contribution in [0.5, 0.6) is 0 Å². The molecule has 2 aromatic rings. The zero-order valence-corrected chi connectivity index (χ0v) is 9.44. The maximum absolute atomic E-state index is 9.87. The molecule has 1 unspecified atom stereocenters. The molecule has 2 heterocycles. The van der Waals surface area contributed by atoms with Crippen molar-refractivity contribution in [2.24, 2.45) is 7.05 Å². The van der Waals surface area contributed by atoms with Gasteiger partial charge in [-0.25, -0.2) is 4.98 Å². The molecule has 15 heavy (non-hydrogen) atoms. The third-order valence-corrected chi connectivity index (χ3v) is 3.19. The van der Waals surface area contributed by atoms with Crippen LogP contribution < -0.4 is 0 Å². The number of thiophene rings is 1. The number of hydrogen-bond acceptors (Lipinski definition) is 3. The minimum Gasteiger partial charge on any atom is -0.388 e. The van der Waals surface area contributed by atoms with Gasteiger partial charge in [0.15, 0.2) is 0 Å². The van der Waals surface area contributed by atoms with E-state index in [0.29, 0.717) is 0 Å². The summed E-state index contributed by atoms with van der Waals surface area (Å²) in [4.78, 5) is 4.22. The summed E-state index contributed by atoms with van der Waals surface area (Å²) in [6, 6.07) is 1.97. The molecule has 0 aliphatic carbocycles. The lowest BCUT2D eigenvalue weighted by molar-refractivity contribution is 0.167. The average molecular weight is 222 g/mol. The first kappa shape index (κ1) is 10.4. The fourth-order valence-electron chi connectivity index (χ4n) is 1.53. The quantitative estimate of drug-likeness (QED) is 0.860. The Hall–Kier alpha value is -1.13. The summed E-state index contributed by atoms with van der Waals surface area (Å²) in [6.07, 6.45) is 4.87. The maximum Gasteiger partial charge on any atom is 0.108 e. The Labute approximate surface area is 93.0 Å². The van der Waals surface area contributed by atoms with Crippen LogP contribution in [0.1, 0.15) is 23.9 Å². The van der Waals surface area contributed by atoms with Crippen molar-refractivity contribution < 1.29 is 5.11 Å². The van der Waals surface area contributed by atoms with Crippen LogP contribution in [0.4, 0.5) is 0 Å². The minimum atomic E-state index is -0.368. The Morgan fingerprint density at radius 1 is 1.60 bits per heavy atom. The molecule has 0 amide bonds. The molecule has 1 N–H and O–H groups in total. The Kier molecular flexibility index (Phi) is 3.18. The van der Waals surface area contributed by atoms with E-state index in [4.69, 9.17) is 0 Å². The topological polar surface area (TPSA) is 38.0 Å². The normalized spacial score (nSPS) is 12.9. The van der Waals surface area contributed by atoms with E-state index in [0.717, 1.165) is 24.2 Å². The van der Waals surface area contributed by atoms with Crippen molar-refractivity contribution in [1.29, 1.82) is 0 Å². The fourth-order valence-corrected chi connectivity index (χ4v) is 2.24. The third-order valence-electron chi connectivity index (χ3n) is 2.49. The predicted molar refractivity (Wildman–Crippen MR) is 60.8 cm³/mol. The molecule has 3 nitrogen and oxygen atoms in total. The van der Waals surface area contributed by atoms with Gasteiger partial charge >= 0.3 is 0 Å². The van der Waals surface area contributed by atoms with E-state index >= 15 is 0 Å². The van der Waals surface area contributed by atoms with Crippen LogP contribution in [0, 0.1) is 0 Å². The molecular formula is C11H14N2OS. The number of imidazole rings is 1. The van der Waals surface area contributed by atoms with Crippen molar-refractivity contribution in [1.82, 2.24) is 9.55 Å². The standard InChI is InChI=1S/C11H14N2OS/c1-13-6-5-12-11(13)3-2-10(14)9-4-7-15-8-9/h4-8,10,14H,2-3H2,1H3. The average Bonchev–Trinajstić information content (AvgIpc) is 2.85. The number of hydrogen-bond donors (Lipinski definition) is 1. The van der Waals surface area contributed by atoms with Gasteiger partial charge in [-0.05, 0) is 28.8 Å². The Morgan fingerprint density at radius 3 is 3.07 bits per heavy atom. The smallest absolute Gasteiger partial charge is 0.108 e. The largest absolute Gasteiger partial charge is 0.388 e. The lowest BCUT2D eigenvalue weighted by Crippen LogP contribution is -2.02. The highest BCUT2D eigenvalue weighted by atomic mass is 32.1. The molecule has 0 radical (unpaired) electrons. The Balaban J connectivity index is 1.91. The van der Waals surface area contributed by atoms with E-state index in [1.54, 1.807) is 17.5 Å². The molecular weight excluding hydrogens is 208 g/mol. The third kappa shape index (κ3) is 2.46. The zero-order valence-electron chi connectivity index (χ0n) is 8.63. The van der Waals surface area contributed by atoms with Gasteiger partial charge in [-0.3, -0.25) is 0 Å². The summed E-state index contributed by atoms with van der Waals surface area (Å²) in [7, 11) is 1.97. The van der Waals surface area contributed by atoms with E-state index in [1.807, 2.05) is 34.6 Å². The Bertz CT molecular complexity index is 408. The van der Waals surface area contributed by atoms with Crippen LogP contribution >= 0.6 is 11.3 Å². The van der Waals surface area contributed by atoms with Crippen molar-refractivity contribution >= 4 is 11.3 Å². The highest BCUT2D eigenvalue weighted by Gasteiger charge is 2.09. The van der Waals surface area contributed by atoms with Crippen molar-refractivity contribution in [3.63, 3.8) is 0 Å². The van der Waals surface area contributed by atoms with Gasteiger partial charge in [0, 0.05) is 25.9 Å². The molecule has 2 rings (SSSR count). The first-order valence-electron chi connectivity index (χ1n) is 4.93. The summed E-state index contributed by atoms with van der Waals surface area (Å²) in [6.45, 7) is 0. The van der Waals surface area contributed by atoms with Crippen LogP contribution in [0.3, 0.4) is 0 Å². The molecule has 0 aliphatic rings. The van der Waals surface area contributed by atoms with Crippen molar-refractivity contribution in [2.45, 2.75) is 18.9 Å². The van der Waals surface area contributed by atoms with Gasteiger partial charge in [0.2, 0.25) is 0 Å². The van der Waals surface area contributed by atoms with Crippen molar-refractivity contribution in [2.75, 3.05) is 0 Å². The monoisotopic (exact) mass is 222 g/mol. The summed E-state index contributed by atoms with van der Waals surface area (Å²) < 4.78 is 1.99. The molecule has 4 heteroatoms. The molecule has 0 aliphatic heterocycles. The molecule has 2 aromatic heterocycles. The zero-order chi connectivity index (χ0) is 10.7. The molecule has 0 aromatic carbocycles. The van der Waals surface area contributed by atoms with Gasteiger partial charge in [0.05, 0.1) is 6.10 Å². The van der Waals surface area contributed by atoms with Gasteiger partial charge < -0.3 is 9.67 Å². The molecule has 0 saturated heterocycles. The lowest BCUT2D eigenvalue weighted by Gasteiger charge is -2.08. The van der Waals surface area contributed by atoms with Gasteiger partial charge in [-0.1, -0.05) is 0 Å². The first-order chi connectivity index (χ1) is 7.27. The first-order valence-corrected chi connectivity index (χ1v) is 5.88. The molecule has 0 bridgehead atoms. The number of aliphatic hydroxyl groups is 1. The summed E-state index contributed by atoms with van der Waals surface area (Å²) in [5, 5.41) is 13.8. The second-order valence-electron chi connectivity index (χ2n) is 3.57. The minimum absolute atomic E-state index is 0.368. The number of aromatic nitrogens is 2. The van der Waals surface area contributed by atoms with Crippen LogP contribution in [-0.2, 0) is 13.5 Å². The lowest BCUT2D eigenvalue weighted by atomic mass is 10.1. The van der Waals surface area contributed by atoms with Gasteiger partial charge in [0.1, 0.15) is 5.82 Å². The number of aliphatic hydroxyl groups excluding tert-OH is 1. The van der Waals surface area contributed by atoms with Crippen LogP contribution in [0.25, 0.3) is 0 Å². The van der Waals surface area contributed by atoms with Gasteiger partial charge in [0.25, 0.3) is 0 Å². The molecule has 80 valence electrons. The van der Waals surface area contributed by atoms with Crippen LogP contribution in [0.2, 0.25) is 0 Å². The Morgan fingerprint density at radius 2 is 2.47 bits per heavy atom. The van der Waals surface area contributed by atoms with E-state index in [9.17, 15) is 5.11 Å². The molecule has 0 spiro atoms. The van der Waals surface area contributed by atoms with Crippen LogP contribution in [-0.4, -0.2) is 14.7 Å². The van der Waals surface area contributed by atoms with E-state index in [1.165, 1.54) is 0 Å². The maximum atomic E-state index is 9.87.